The molecule has 0 unspecified atom stereocenters. The molecule has 0 fully saturated rings. The van der Waals surface area contributed by atoms with Crippen LogP contribution in [0.5, 0.6) is 11.5 Å². The van der Waals surface area contributed by atoms with Gasteiger partial charge in [-0.2, -0.15) is 0 Å². The molecular formula is C14H12INO2. The molecule has 0 bridgehead atoms. The maximum atomic E-state index is 11.0. The summed E-state index contributed by atoms with van der Waals surface area (Å²) in [5.74, 6) is 1.26. The maximum Gasteiger partial charge on any atom is 0.153 e. The van der Waals surface area contributed by atoms with Gasteiger partial charge in [0.25, 0.3) is 0 Å². The number of rotatable bonds is 3. The van der Waals surface area contributed by atoms with Gasteiger partial charge in [0.15, 0.2) is 6.29 Å². The minimum absolute atomic E-state index is 0.550. The van der Waals surface area contributed by atoms with Crippen LogP contribution in [-0.4, -0.2) is 11.3 Å². The Hall–Kier alpha value is -1.43. The second-order valence-electron chi connectivity index (χ2n) is 3.99. The monoisotopic (exact) mass is 353 g/mol. The van der Waals surface area contributed by atoms with Crippen LogP contribution in [-0.2, 0) is 0 Å². The Morgan fingerprint density at radius 1 is 1.17 bits per heavy atom. The summed E-state index contributed by atoms with van der Waals surface area (Å²) in [6.45, 7) is 3.82. The fourth-order valence-electron chi connectivity index (χ4n) is 1.69. The predicted octanol–water partition coefficient (Wildman–Crippen LogP) is 3.91. The van der Waals surface area contributed by atoms with E-state index in [1.165, 1.54) is 0 Å². The molecule has 1 heterocycles. The van der Waals surface area contributed by atoms with E-state index in [4.69, 9.17) is 4.74 Å². The molecule has 18 heavy (non-hydrogen) atoms. The van der Waals surface area contributed by atoms with Gasteiger partial charge < -0.3 is 4.74 Å². The highest BCUT2D eigenvalue weighted by Gasteiger charge is 2.06. The average molecular weight is 353 g/mol. The topological polar surface area (TPSA) is 39.2 Å². The Bertz CT molecular complexity index is 576. The lowest BCUT2D eigenvalue weighted by Gasteiger charge is -2.09. The highest BCUT2D eigenvalue weighted by atomic mass is 127. The summed E-state index contributed by atoms with van der Waals surface area (Å²) in [7, 11) is 0. The zero-order valence-electron chi connectivity index (χ0n) is 10.1. The number of pyridine rings is 1. The zero-order chi connectivity index (χ0) is 13.1. The number of nitrogens with zero attached hydrogens (tertiary/aromatic N) is 1. The van der Waals surface area contributed by atoms with Crippen LogP contribution in [0.25, 0.3) is 0 Å². The largest absolute Gasteiger partial charge is 0.456 e. The lowest BCUT2D eigenvalue weighted by atomic mass is 10.2. The van der Waals surface area contributed by atoms with Gasteiger partial charge in [-0.05, 0) is 54.6 Å². The average Bonchev–Trinajstić information content (AvgIpc) is 2.30. The molecule has 0 saturated heterocycles. The molecular weight excluding hydrogens is 341 g/mol. The normalized spacial score (nSPS) is 10.2. The van der Waals surface area contributed by atoms with Crippen LogP contribution in [0.15, 0.2) is 30.3 Å². The van der Waals surface area contributed by atoms with Gasteiger partial charge in [-0.3, -0.25) is 9.78 Å². The van der Waals surface area contributed by atoms with Gasteiger partial charge in [-0.25, -0.2) is 0 Å². The maximum absolute atomic E-state index is 11.0. The first-order valence-electron chi connectivity index (χ1n) is 5.46. The van der Waals surface area contributed by atoms with Crippen molar-refractivity contribution < 1.29 is 9.53 Å². The number of aromatic nitrogens is 1. The van der Waals surface area contributed by atoms with Crippen molar-refractivity contribution in [2.75, 3.05) is 0 Å². The van der Waals surface area contributed by atoms with Crippen molar-refractivity contribution in [3.8, 4) is 11.5 Å². The van der Waals surface area contributed by atoms with Crippen molar-refractivity contribution in [1.82, 2.24) is 4.98 Å². The van der Waals surface area contributed by atoms with Crippen LogP contribution < -0.4 is 4.74 Å². The van der Waals surface area contributed by atoms with Crippen LogP contribution in [0.2, 0.25) is 0 Å². The Morgan fingerprint density at radius 3 is 2.44 bits per heavy atom. The van der Waals surface area contributed by atoms with E-state index in [-0.39, 0.29) is 0 Å². The molecule has 0 aliphatic heterocycles. The molecule has 0 aliphatic rings. The van der Waals surface area contributed by atoms with Crippen LogP contribution in [0.1, 0.15) is 21.7 Å². The third kappa shape index (κ3) is 3.07. The number of aryl methyl sites for hydroxylation is 2. The molecule has 1 aromatic carbocycles. The molecule has 92 valence electrons. The minimum atomic E-state index is 0.550. The number of carbonyl (C=O) groups is 1. The number of hydrogen-bond donors (Lipinski definition) is 0. The number of aldehydes is 1. The Balaban J connectivity index is 2.36. The summed E-state index contributed by atoms with van der Waals surface area (Å²) in [5.41, 5.74) is 2.33. The number of ether oxygens (including phenoxy) is 1. The van der Waals surface area contributed by atoms with E-state index in [1.54, 1.807) is 12.1 Å². The highest BCUT2D eigenvalue weighted by molar-refractivity contribution is 14.1. The van der Waals surface area contributed by atoms with Crippen molar-refractivity contribution in [3.63, 3.8) is 0 Å². The van der Waals surface area contributed by atoms with Crippen molar-refractivity contribution in [1.29, 1.82) is 0 Å². The second kappa shape index (κ2) is 5.48. The van der Waals surface area contributed by atoms with Gasteiger partial charge in [0.2, 0.25) is 0 Å². The quantitative estimate of drug-likeness (QED) is 0.621. The molecule has 0 radical (unpaired) electrons. The molecule has 0 atom stereocenters. The molecule has 2 rings (SSSR count). The third-order valence-corrected chi connectivity index (χ3v) is 3.05. The van der Waals surface area contributed by atoms with E-state index in [2.05, 4.69) is 27.6 Å². The van der Waals surface area contributed by atoms with Gasteiger partial charge in [0, 0.05) is 27.1 Å². The first-order valence-corrected chi connectivity index (χ1v) is 6.54. The fraction of sp³-hybridized carbons (Fsp3) is 0.143. The molecule has 0 saturated carbocycles. The zero-order valence-corrected chi connectivity index (χ0v) is 12.3. The standard InChI is InChI=1S/C14H12INO2/c1-9-5-13(6-10(2)16-9)18-14-4-3-12(15)7-11(14)8-17/h3-8H,1-2H3. The summed E-state index contributed by atoms with van der Waals surface area (Å²) in [4.78, 5) is 15.3. The third-order valence-electron chi connectivity index (χ3n) is 2.38. The number of carbonyl (C=O) groups excluding carboxylic acids is 1. The number of benzene rings is 1. The Labute approximate surface area is 119 Å². The van der Waals surface area contributed by atoms with Crippen molar-refractivity contribution in [2.24, 2.45) is 0 Å². The Morgan fingerprint density at radius 2 is 1.83 bits per heavy atom. The summed E-state index contributed by atoms with van der Waals surface area (Å²) in [6.07, 6.45) is 0.804. The first kappa shape index (κ1) is 13.0. The second-order valence-corrected chi connectivity index (χ2v) is 5.23. The van der Waals surface area contributed by atoms with E-state index in [9.17, 15) is 4.79 Å². The molecule has 2 aromatic rings. The fourth-order valence-corrected chi connectivity index (χ4v) is 2.20. The van der Waals surface area contributed by atoms with E-state index in [1.807, 2.05) is 32.0 Å². The number of hydrogen-bond acceptors (Lipinski definition) is 3. The molecule has 3 nitrogen and oxygen atoms in total. The van der Waals surface area contributed by atoms with Crippen molar-refractivity contribution in [3.05, 3.63) is 50.9 Å². The summed E-state index contributed by atoms with van der Waals surface area (Å²) < 4.78 is 6.75. The van der Waals surface area contributed by atoms with E-state index in [0.717, 1.165) is 21.2 Å². The molecule has 0 spiro atoms. The van der Waals surface area contributed by atoms with Crippen molar-refractivity contribution >= 4 is 28.9 Å². The van der Waals surface area contributed by atoms with E-state index >= 15 is 0 Å². The highest BCUT2D eigenvalue weighted by Crippen LogP contribution is 2.26. The molecule has 1 aromatic heterocycles. The van der Waals surface area contributed by atoms with Crippen molar-refractivity contribution in [2.45, 2.75) is 13.8 Å². The van der Waals surface area contributed by atoms with E-state index < -0.39 is 0 Å². The molecule has 0 aliphatic carbocycles. The first-order chi connectivity index (χ1) is 8.58. The predicted molar refractivity (Wildman–Crippen MR) is 78.3 cm³/mol. The minimum Gasteiger partial charge on any atom is -0.456 e. The smallest absolute Gasteiger partial charge is 0.153 e. The number of halogens is 1. The van der Waals surface area contributed by atoms with Gasteiger partial charge in [0.05, 0.1) is 5.56 Å². The van der Waals surface area contributed by atoms with Gasteiger partial charge in [0.1, 0.15) is 11.5 Å². The van der Waals surface area contributed by atoms with Gasteiger partial charge in [-0.15, -0.1) is 0 Å². The lowest BCUT2D eigenvalue weighted by molar-refractivity contribution is 0.112. The molecule has 0 N–H and O–H groups in total. The van der Waals surface area contributed by atoms with E-state index in [0.29, 0.717) is 17.1 Å². The van der Waals surface area contributed by atoms with Crippen LogP contribution in [0, 0.1) is 17.4 Å². The SMILES string of the molecule is Cc1cc(Oc2ccc(I)cc2C=O)cc(C)n1. The van der Waals surface area contributed by atoms with Gasteiger partial charge in [-0.1, -0.05) is 0 Å². The molecule has 0 amide bonds. The van der Waals surface area contributed by atoms with Crippen LogP contribution in [0.4, 0.5) is 0 Å². The summed E-state index contributed by atoms with van der Waals surface area (Å²) >= 11 is 2.16. The van der Waals surface area contributed by atoms with Gasteiger partial charge >= 0.3 is 0 Å². The summed E-state index contributed by atoms with van der Waals surface area (Å²) in [5, 5.41) is 0. The lowest BCUT2D eigenvalue weighted by Crippen LogP contribution is -1.93. The summed E-state index contributed by atoms with van der Waals surface area (Å²) in [6, 6.07) is 9.20. The molecule has 4 heteroatoms. The van der Waals surface area contributed by atoms with Crippen LogP contribution >= 0.6 is 22.6 Å². The Kier molecular flexibility index (Phi) is 3.96. The van der Waals surface area contributed by atoms with Crippen LogP contribution in [0.3, 0.4) is 0 Å².